The van der Waals surface area contributed by atoms with Gasteiger partial charge in [-0.3, -0.25) is 4.99 Å². The molecule has 0 spiro atoms. The quantitative estimate of drug-likeness (QED) is 0.257. The van der Waals surface area contributed by atoms with Gasteiger partial charge in [-0.25, -0.2) is 0 Å². The number of phenols is 1. The van der Waals surface area contributed by atoms with Crippen molar-refractivity contribution in [2.75, 3.05) is 0 Å². The van der Waals surface area contributed by atoms with Crippen LogP contribution in [0.5, 0.6) is 5.75 Å². The van der Waals surface area contributed by atoms with Gasteiger partial charge in [0.15, 0.2) is 0 Å². The molecule has 31 heavy (non-hydrogen) atoms. The minimum absolute atomic E-state index is 0.464. The zero-order chi connectivity index (χ0) is 21.9. The van der Waals surface area contributed by atoms with Crippen molar-refractivity contribution in [2.45, 2.75) is 82.5 Å². The van der Waals surface area contributed by atoms with Crippen LogP contribution in [0, 0.1) is 0 Å². The standard InChI is InChI=1S/C26H33NO.2ClH.Ti/c28-26-23(19-27-24-15-9-4-10-16-24)17-22(20-11-7-3-8-12-20)18-25(26)21-13-5-1-2-6-14-21;;;/h4,9-10,15-21,28H,1-3,5-8,11-14H2;2*1H;/q;;;+2/p-2. The van der Waals surface area contributed by atoms with E-state index in [0.29, 0.717) is 17.6 Å². The van der Waals surface area contributed by atoms with Crippen molar-refractivity contribution in [1.29, 1.82) is 0 Å². The van der Waals surface area contributed by atoms with Crippen LogP contribution >= 0.6 is 18.6 Å². The number of para-hydroxylation sites is 1. The van der Waals surface area contributed by atoms with E-state index in [4.69, 9.17) is 18.6 Å². The normalized spacial score (nSPS) is 18.3. The van der Waals surface area contributed by atoms with E-state index in [-0.39, 0.29) is 0 Å². The SMILES string of the molecule is Oc1c(C=Nc2ccccc2)cc(C2CCCCC2)cc1C1CCCCCC1.[Cl][Ti][Cl]. The number of aliphatic imine (C=N–C) groups is 1. The van der Waals surface area contributed by atoms with Crippen molar-refractivity contribution >= 4 is 30.5 Å². The molecule has 0 aliphatic heterocycles. The minimum atomic E-state index is -0.556. The van der Waals surface area contributed by atoms with Crippen LogP contribution in [-0.2, 0) is 17.0 Å². The Hall–Kier alpha value is -0.796. The molecule has 2 aromatic carbocycles. The van der Waals surface area contributed by atoms with Crippen LogP contribution in [-0.4, -0.2) is 11.3 Å². The molecule has 1 N–H and O–H groups in total. The van der Waals surface area contributed by atoms with Gasteiger partial charge >= 0.3 is 35.6 Å². The fourth-order valence-corrected chi connectivity index (χ4v) is 5.03. The Morgan fingerprint density at radius 3 is 1.97 bits per heavy atom. The molecule has 0 heterocycles. The molecule has 0 amide bonds. The second-order valence-corrected chi connectivity index (χ2v) is 11.3. The van der Waals surface area contributed by atoms with Crippen LogP contribution < -0.4 is 0 Å². The van der Waals surface area contributed by atoms with E-state index in [2.05, 4.69) is 17.1 Å². The fraction of sp³-hybridized carbons (Fsp3) is 0.500. The van der Waals surface area contributed by atoms with Gasteiger partial charge in [-0.05, 0) is 66.8 Å². The molecule has 0 aromatic heterocycles. The molecule has 2 fully saturated rings. The molecule has 2 aliphatic carbocycles. The first kappa shape index (κ1) is 24.8. The molecule has 5 heteroatoms. The van der Waals surface area contributed by atoms with E-state index >= 15 is 0 Å². The van der Waals surface area contributed by atoms with Crippen molar-refractivity contribution in [3.8, 4) is 5.75 Å². The average molecular weight is 494 g/mol. The first-order valence-corrected chi connectivity index (χ1v) is 15.9. The summed E-state index contributed by atoms with van der Waals surface area (Å²) in [7, 11) is 9.78. The average Bonchev–Trinajstić information content (AvgIpc) is 3.10. The van der Waals surface area contributed by atoms with Gasteiger partial charge in [-0.15, -0.1) is 0 Å². The van der Waals surface area contributed by atoms with Crippen LogP contribution in [0.25, 0.3) is 0 Å². The van der Waals surface area contributed by atoms with E-state index in [1.807, 2.05) is 36.5 Å². The van der Waals surface area contributed by atoms with Crippen molar-refractivity contribution in [3.05, 3.63) is 59.2 Å². The van der Waals surface area contributed by atoms with Crippen LogP contribution in [0.1, 0.15) is 99.2 Å². The molecule has 0 unspecified atom stereocenters. The number of phenolic OH excluding ortho intramolecular Hbond substituents is 1. The summed E-state index contributed by atoms with van der Waals surface area (Å²) < 4.78 is 0. The number of nitrogens with zero attached hydrogens (tertiary/aromatic N) is 1. The van der Waals surface area contributed by atoms with Gasteiger partial charge in [0, 0.05) is 11.8 Å². The molecular weight excluding hydrogens is 461 g/mol. The maximum atomic E-state index is 11.1. The van der Waals surface area contributed by atoms with E-state index < -0.39 is 17.0 Å². The molecule has 0 saturated heterocycles. The first-order chi connectivity index (χ1) is 15.2. The van der Waals surface area contributed by atoms with Gasteiger partial charge in [0.1, 0.15) is 5.75 Å². The summed E-state index contributed by atoms with van der Waals surface area (Å²) in [6.07, 6.45) is 16.1. The number of aromatic hydroxyl groups is 1. The van der Waals surface area contributed by atoms with Crippen molar-refractivity contribution in [3.63, 3.8) is 0 Å². The summed E-state index contributed by atoms with van der Waals surface area (Å²) in [6.45, 7) is 0. The molecule has 0 radical (unpaired) electrons. The molecule has 2 saturated carbocycles. The van der Waals surface area contributed by atoms with Crippen LogP contribution in [0.4, 0.5) is 5.69 Å². The molecule has 0 atom stereocenters. The molecule has 166 valence electrons. The summed E-state index contributed by atoms with van der Waals surface area (Å²) in [5, 5.41) is 11.1. The molecule has 2 nitrogen and oxygen atoms in total. The van der Waals surface area contributed by atoms with Crippen molar-refractivity contribution < 1.29 is 22.1 Å². The molecule has 4 rings (SSSR count). The predicted octanol–water partition coefficient (Wildman–Crippen LogP) is 9.00. The van der Waals surface area contributed by atoms with Crippen molar-refractivity contribution in [2.24, 2.45) is 4.99 Å². The predicted molar refractivity (Wildman–Crippen MR) is 130 cm³/mol. The van der Waals surface area contributed by atoms with Gasteiger partial charge in [-0.1, -0.05) is 69.2 Å². The topological polar surface area (TPSA) is 32.6 Å². The number of hydrogen-bond donors (Lipinski definition) is 1. The third kappa shape index (κ3) is 7.64. The second-order valence-electron chi connectivity index (χ2n) is 8.74. The Balaban J connectivity index is 0.000000858. The van der Waals surface area contributed by atoms with Gasteiger partial charge < -0.3 is 5.11 Å². The second kappa shape index (κ2) is 13.7. The van der Waals surface area contributed by atoms with E-state index in [1.165, 1.54) is 81.8 Å². The number of rotatable bonds is 4. The van der Waals surface area contributed by atoms with Gasteiger partial charge in [-0.2, -0.15) is 0 Å². The Labute approximate surface area is 204 Å². The van der Waals surface area contributed by atoms with E-state index in [0.717, 1.165) is 11.3 Å². The van der Waals surface area contributed by atoms with E-state index in [1.54, 1.807) is 0 Å². The zero-order valence-corrected chi connectivity index (χ0v) is 21.3. The first-order valence-electron chi connectivity index (χ1n) is 11.6. The third-order valence-electron chi connectivity index (χ3n) is 6.67. The Kier molecular flexibility index (Phi) is 11.0. The summed E-state index contributed by atoms with van der Waals surface area (Å²) in [6, 6.07) is 14.6. The summed E-state index contributed by atoms with van der Waals surface area (Å²) in [5.41, 5.74) is 4.43. The third-order valence-corrected chi connectivity index (χ3v) is 6.67. The summed E-state index contributed by atoms with van der Waals surface area (Å²) >= 11 is -0.556. The molecule has 2 aliphatic rings. The Bertz CT molecular complexity index is 814. The zero-order valence-electron chi connectivity index (χ0n) is 18.2. The Morgan fingerprint density at radius 1 is 0.806 bits per heavy atom. The van der Waals surface area contributed by atoms with Crippen molar-refractivity contribution in [1.82, 2.24) is 0 Å². The molecule has 0 bridgehead atoms. The van der Waals surface area contributed by atoms with Crippen LogP contribution in [0.3, 0.4) is 0 Å². The number of benzene rings is 2. The van der Waals surface area contributed by atoms with E-state index in [9.17, 15) is 5.11 Å². The monoisotopic (exact) mass is 493 g/mol. The fourth-order valence-electron chi connectivity index (χ4n) is 5.03. The van der Waals surface area contributed by atoms with Gasteiger partial charge in [0.05, 0.1) is 5.69 Å². The molecular formula is C26H33Cl2NOTi. The Morgan fingerprint density at radius 2 is 1.35 bits per heavy atom. The summed E-state index contributed by atoms with van der Waals surface area (Å²) in [4.78, 5) is 4.64. The van der Waals surface area contributed by atoms with Gasteiger partial charge in [0.25, 0.3) is 0 Å². The van der Waals surface area contributed by atoms with Crippen LogP contribution in [0.15, 0.2) is 47.5 Å². The van der Waals surface area contributed by atoms with Crippen LogP contribution in [0.2, 0.25) is 0 Å². The number of hydrogen-bond acceptors (Lipinski definition) is 2. The maximum absolute atomic E-state index is 11.1. The summed E-state index contributed by atoms with van der Waals surface area (Å²) in [5.74, 6) is 1.60. The van der Waals surface area contributed by atoms with Gasteiger partial charge in [0.2, 0.25) is 0 Å². The number of halogens is 2. The molecule has 2 aromatic rings.